The first-order chi connectivity index (χ1) is 14.4. The molecule has 0 radical (unpaired) electrons. The van der Waals surface area contributed by atoms with Crippen LogP contribution in [0.4, 0.5) is 13.2 Å². The number of carbonyl (C=O) groups is 1. The molecular weight excluding hydrogens is 391 g/mol. The molecule has 3 nitrogen and oxygen atoms in total. The minimum absolute atomic E-state index is 0.0465. The van der Waals surface area contributed by atoms with Crippen molar-refractivity contribution in [2.75, 3.05) is 0 Å². The molecule has 2 aromatic carbocycles. The van der Waals surface area contributed by atoms with Gasteiger partial charge in [0.1, 0.15) is 11.5 Å². The van der Waals surface area contributed by atoms with Crippen LogP contribution in [-0.4, -0.2) is 16.9 Å². The third kappa shape index (κ3) is 3.83. The molecule has 5 rings (SSSR count). The van der Waals surface area contributed by atoms with E-state index in [9.17, 15) is 18.0 Å². The van der Waals surface area contributed by atoms with E-state index in [4.69, 9.17) is 4.74 Å². The number of aromatic nitrogens is 1. The molecule has 3 aromatic rings. The molecule has 1 heterocycles. The van der Waals surface area contributed by atoms with E-state index in [1.54, 1.807) is 12.1 Å². The van der Waals surface area contributed by atoms with Gasteiger partial charge in [-0.1, -0.05) is 12.1 Å². The Labute approximate surface area is 172 Å². The van der Waals surface area contributed by atoms with Crippen molar-refractivity contribution in [2.45, 2.75) is 50.3 Å². The van der Waals surface area contributed by atoms with E-state index in [1.165, 1.54) is 0 Å². The summed E-state index contributed by atoms with van der Waals surface area (Å²) >= 11 is 0. The number of benzene rings is 2. The summed E-state index contributed by atoms with van der Waals surface area (Å²) in [7, 11) is 0. The molecule has 2 aliphatic rings. The molecule has 156 valence electrons. The van der Waals surface area contributed by atoms with Gasteiger partial charge >= 0.3 is 6.18 Å². The lowest BCUT2D eigenvalue weighted by molar-refractivity contribution is -0.137. The van der Waals surface area contributed by atoms with Gasteiger partial charge in [0.2, 0.25) is 0 Å². The first-order valence-electron chi connectivity index (χ1n) is 10.3. The van der Waals surface area contributed by atoms with Gasteiger partial charge in [0.25, 0.3) is 0 Å². The predicted molar refractivity (Wildman–Crippen MR) is 108 cm³/mol. The van der Waals surface area contributed by atoms with Crippen molar-refractivity contribution >= 4 is 16.7 Å². The summed E-state index contributed by atoms with van der Waals surface area (Å²) in [6.07, 6.45) is 1.68. The van der Waals surface area contributed by atoms with E-state index in [2.05, 4.69) is 4.98 Å². The Kier molecular flexibility index (Phi) is 4.60. The highest BCUT2D eigenvalue weighted by Crippen LogP contribution is 2.41. The highest BCUT2D eigenvalue weighted by atomic mass is 19.4. The highest BCUT2D eigenvalue weighted by Gasteiger charge is 2.34. The van der Waals surface area contributed by atoms with Crippen molar-refractivity contribution in [3.63, 3.8) is 0 Å². The molecule has 0 amide bonds. The van der Waals surface area contributed by atoms with Gasteiger partial charge in [0.05, 0.1) is 11.7 Å². The Bertz CT molecular complexity index is 1070. The van der Waals surface area contributed by atoms with Crippen molar-refractivity contribution < 1.29 is 22.7 Å². The Morgan fingerprint density at radius 2 is 1.80 bits per heavy atom. The van der Waals surface area contributed by atoms with Crippen molar-refractivity contribution in [1.29, 1.82) is 0 Å². The largest absolute Gasteiger partial charge is 0.490 e. The number of ether oxygens (including phenoxy) is 1. The van der Waals surface area contributed by atoms with Gasteiger partial charge in [-0.05, 0) is 73.1 Å². The van der Waals surface area contributed by atoms with Crippen LogP contribution in [-0.2, 0) is 17.4 Å². The molecule has 2 saturated carbocycles. The van der Waals surface area contributed by atoms with Gasteiger partial charge in [0, 0.05) is 29.4 Å². The molecule has 1 N–H and O–H groups in total. The van der Waals surface area contributed by atoms with Crippen LogP contribution in [0.15, 0.2) is 48.7 Å². The molecule has 0 aliphatic heterocycles. The zero-order valence-corrected chi connectivity index (χ0v) is 16.3. The van der Waals surface area contributed by atoms with Crippen LogP contribution in [0, 0.1) is 5.92 Å². The Morgan fingerprint density at radius 1 is 1.07 bits per heavy atom. The molecule has 2 aliphatic carbocycles. The Balaban J connectivity index is 1.22. The number of hydrogen-bond acceptors (Lipinski definition) is 2. The lowest BCUT2D eigenvalue weighted by Gasteiger charge is -2.35. The maximum atomic E-state index is 12.7. The number of Topliss-reactive ketones (excluding diaryl/α,β-unsaturated/α-hetero) is 1. The second-order valence-corrected chi connectivity index (χ2v) is 8.47. The van der Waals surface area contributed by atoms with Crippen molar-refractivity contribution in [3.8, 4) is 5.75 Å². The number of fused-ring (bicyclic) bond motifs is 1. The van der Waals surface area contributed by atoms with Crippen molar-refractivity contribution in [1.82, 2.24) is 4.98 Å². The number of hydrogen-bond donors (Lipinski definition) is 1. The smallest absolute Gasteiger partial charge is 0.416 e. The van der Waals surface area contributed by atoms with Crippen molar-refractivity contribution in [3.05, 3.63) is 65.4 Å². The van der Waals surface area contributed by atoms with Crippen molar-refractivity contribution in [2.24, 2.45) is 5.92 Å². The number of ketones is 1. The quantitative estimate of drug-likeness (QED) is 0.536. The van der Waals surface area contributed by atoms with E-state index in [1.807, 2.05) is 24.4 Å². The van der Waals surface area contributed by atoms with Crippen LogP contribution in [0.25, 0.3) is 10.9 Å². The number of rotatable bonds is 6. The molecule has 0 bridgehead atoms. The lowest BCUT2D eigenvalue weighted by atomic mass is 9.77. The maximum absolute atomic E-state index is 12.7. The molecule has 30 heavy (non-hydrogen) atoms. The highest BCUT2D eigenvalue weighted by molar-refractivity contribution is 5.92. The standard InChI is InChI=1S/C24H22F3NO2/c25-24(26,27)18-5-3-14(4-6-18)16-9-20(10-16)30-19-7-8-22-21(12-19)17(13-28-22)11-23(29)15-1-2-15/h3-8,12-13,15-16,20,28H,1-2,9-11H2. The minimum atomic E-state index is -4.30. The van der Waals surface area contributed by atoms with E-state index in [0.29, 0.717) is 12.2 Å². The fourth-order valence-corrected chi connectivity index (χ4v) is 4.19. The number of H-pyrrole nitrogens is 1. The van der Waals surface area contributed by atoms with E-state index in [0.717, 1.165) is 65.6 Å². The number of nitrogens with one attached hydrogen (secondary N) is 1. The number of carbonyl (C=O) groups excluding carboxylic acids is 1. The topological polar surface area (TPSA) is 42.1 Å². The van der Waals surface area contributed by atoms with Crippen LogP contribution in [0.2, 0.25) is 0 Å². The van der Waals surface area contributed by atoms with Gasteiger partial charge in [-0.15, -0.1) is 0 Å². The molecule has 0 saturated heterocycles. The SMILES string of the molecule is O=C(Cc1c[nH]c2ccc(OC3CC(c4ccc(C(F)(F)F)cc4)C3)cc12)C1CC1. The number of aromatic amines is 1. The molecular formula is C24H22F3NO2. The van der Waals surface area contributed by atoms with Gasteiger partial charge in [0.15, 0.2) is 0 Å². The summed E-state index contributed by atoms with van der Waals surface area (Å²) in [4.78, 5) is 15.4. The average Bonchev–Trinajstić information content (AvgIpc) is 3.47. The van der Waals surface area contributed by atoms with Gasteiger partial charge in [-0.2, -0.15) is 13.2 Å². The van der Waals surface area contributed by atoms with Crippen LogP contribution < -0.4 is 4.74 Å². The first-order valence-corrected chi connectivity index (χ1v) is 10.3. The monoisotopic (exact) mass is 413 g/mol. The zero-order valence-electron chi connectivity index (χ0n) is 16.3. The average molecular weight is 413 g/mol. The summed E-state index contributed by atoms with van der Waals surface area (Å²) in [6.45, 7) is 0. The lowest BCUT2D eigenvalue weighted by Crippen LogP contribution is -2.32. The fourth-order valence-electron chi connectivity index (χ4n) is 4.19. The van der Waals surface area contributed by atoms with Crippen LogP contribution in [0.3, 0.4) is 0 Å². The summed E-state index contributed by atoms with van der Waals surface area (Å²) < 4.78 is 44.2. The minimum Gasteiger partial charge on any atom is -0.490 e. The van der Waals surface area contributed by atoms with Gasteiger partial charge < -0.3 is 9.72 Å². The first kappa shape index (κ1) is 19.2. The molecule has 6 heteroatoms. The normalized spacial score (nSPS) is 21.4. The molecule has 0 spiro atoms. The summed E-state index contributed by atoms with van der Waals surface area (Å²) in [5.41, 5.74) is 2.29. The summed E-state index contributed by atoms with van der Waals surface area (Å²) in [6, 6.07) is 11.3. The van der Waals surface area contributed by atoms with Crippen LogP contribution >= 0.6 is 0 Å². The summed E-state index contributed by atoms with van der Waals surface area (Å²) in [5.74, 6) is 1.53. The molecule has 0 unspecified atom stereocenters. The van der Waals surface area contributed by atoms with Gasteiger partial charge in [-0.25, -0.2) is 0 Å². The molecule has 0 atom stereocenters. The second-order valence-electron chi connectivity index (χ2n) is 8.47. The number of halogens is 3. The van der Waals surface area contributed by atoms with E-state index >= 15 is 0 Å². The third-order valence-electron chi connectivity index (χ3n) is 6.24. The van der Waals surface area contributed by atoms with Gasteiger partial charge in [-0.3, -0.25) is 4.79 Å². The van der Waals surface area contributed by atoms with E-state index in [-0.39, 0.29) is 17.9 Å². The Hall–Kier alpha value is -2.76. The molecule has 1 aromatic heterocycles. The molecule has 2 fully saturated rings. The fraction of sp³-hybridized carbons (Fsp3) is 0.375. The summed E-state index contributed by atoms with van der Waals surface area (Å²) in [5, 5.41) is 1.01. The van der Waals surface area contributed by atoms with Crippen LogP contribution in [0.5, 0.6) is 5.75 Å². The third-order valence-corrected chi connectivity index (χ3v) is 6.24. The second kappa shape index (κ2) is 7.18. The Morgan fingerprint density at radius 3 is 2.47 bits per heavy atom. The predicted octanol–water partition coefficient (Wildman–Crippen LogP) is 6.03. The number of alkyl halides is 3. The zero-order chi connectivity index (χ0) is 20.9. The van der Waals surface area contributed by atoms with Crippen LogP contribution in [0.1, 0.15) is 48.3 Å². The van der Waals surface area contributed by atoms with E-state index < -0.39 is 11.7 Å². The maximum Gasteiger partial charge on any atom is 0.416 e.